The van der Waals surface area contributed by atoms with Crippen LogP contribution < -0.4 is 58.1 Å². The number of H-pyrrole nitrogens is 1. The highest BCUT2D eigenvalue weighted by molar-refractivity contribution is 7.22. The minimum absolute atomic E-state index is 0.000248. The van der Waals surface area contributed by atoms with Crippen LogP contribution in [0.5, 0.6) is 0 Å². The van der Waals surface area contributed by atoms with Crippen molar-refractivity contribution in [2.75, 3.05) is 131 Å². The number of rotatable bonds is 6. The molecule has 0 radical (unpaired) electrons. The number of thiazole rings is 1. The zero-order chi connectivity index (χ0) is 102. The van der Waals surface area contributed by atoms with Crippen LogP contribution >= 0.6 is 11.3 Å². The summed E-state index contributed by atoms with van der Waals surface area (Å²) in [5.74, 6) is -0.0854. The molecule has 16 aliphatic heterocycles. The largest absolute Gasteiger partial charge is 0.384 e. The van der Waals surface area contributed by atoms with Gasteiger partial charge < -0.3 is 87.5 Å². The second-order valence-corrected chi connectivity index (χ2v) is 42.9. The van der Waals surface area contributed by atoms with Crippen molar-refractivity contribution in [3.8, 4) is 0 Å². The molecule has 754 valence electrons. The van der Waals surface area contributed by atoms with E-state index in [1.54, 1.807) is 55.5 Å². The summed E-state index contributed by atoms with van der Waals surface area (Å²) in [5, 5.41) is 32.0. The van der Waals surface area contributed by atoms with Crippen LogP contribution in [0.4, 0.5) is 27.9 Å². The monoisotopic (exact) mass is 1980 g/mol. The molecule has 14 amide bonds. The van der Waals surface area contributed by atoms with Crippen molar-refractivity contribution in [3.63, 3.8) is 0 Å². The van der Waals surface area contributed by atoms with E-state index < -0.39 is 32.5 Å². The van der Waals surface area contributed by atoms with E-state index in [-0.39, 0.29) is 82.7 Å². The van der Waals surface area contributed by atoms with Gasteiger partial charge in [-0.15, -0.1) is 0 Å². The van der Waals surface area contributed by atoms with E-state index in [1.165, 1.54) is 16.9 Å². The highest BCUT2D eigenvalue weighted by Crippen LogP contribution is 2.48. The van der Waals surface area contributed by atoms with Crippen molar-refractivity contribution in [1.82, 2.24) is 76.5 Å². The minimum atomic E-state index is -0.487. The summed E-state index contributed by atoms with van der Waals surface area (Å²) in [7, 11) is 0. The molecule has 8 aromatic rings. The lowest BCUT2D eigenvalue weighted by molar-refractivity contribution is -0.132. The number of hydrogen-bond acceptors (Lipinski definition) is 20. The van der Waals surface area contributed by atoms with Gasteiger partial charge in [0.2, 0.25) is 47.3 Å². The number of amides is 14. The molecule has 18 heterocycles. The predicted octanol–water partition coefficient (Wildman–Crippen LogP) is 11.5. The molecule has 6 atom stereocenters. The van der Waals surface area contributed by atoms with E-state index in [1.807, 2.05) is 113 Å². The number of nitrogens with two attached hydrogens (primary N) is 1. The second kappa shape index (κ2) is 39.7. The number of nitrogens with one attached hydrogen (secondary N) is 9. The molecule has 2 aromatic heterocycles. The van der Waals surface area contributed by atoms with E-state index in [0.717, 1.165) is 223 Å². The van der Waals surface area contributed by atoms with Gasteiger partial charge >= 0.3 is 0 Å². The van der Waals surface area contributed by atoms with Gasteiger partial charge in [0.1, 0.15) is 0 Å². The first-order valence-electron chi connectivity index (χ1n) is 50.4. The topological polar surface area (TPSA) is 429 Å². The summed E-state index contributed by atoms with van der Waals surface area (Å²) in [6.45, 7) is 35.7. The summed E-state index contributed by atoms with van der Waals surface area (Å²) in [4.78, 5) is 194. The van der Waals surface area contributed by atoms with Crippen LogP contribution in [0.1, 0.15) is 214 Å². The summed E-state index contributed by atoms with van der Waals surface area (Å²) >= 11 is 1.37. The smallest absolute Gasteiger partial charge is 0.254 e. The highest BCUT2D eigenvalue weighted by atomic mass is 32.1. The number of nitrogen functional groups attached to an aromatic ring is 1. The molecule has 35 heteroatoms. The molecule has 0 bridgehead atoms. The molecule has 0 aliphatic carbocycles. The van der Waals surface area contributed by atoms with Gasteiger partial charge in [0.25, 0.3) is 35.4 Å². The van der Waals surface area contributed by atoms with Crippen molar-refractivity contribution in [1.29, 1.82) is 0 Å². The Balaban J connectivity index is 0.000000110. The lowest BCUT2D eigenvalue weighted by Gasteiger charge is -2.33. The number of carbonyl (C=O) groups is 14. The van der Waals surface area contributed by atoms with Gasteiger partial charge in [-0.1, -0.05) is 81.1 Å². The van der Waals surface area contributed by atoms with Gasteiger partial charge in [0, 0.05) is 209 Å². The maximum atomic E-state index is 13.2. The molecular weight excluding hydrogens is 1860 g/mol. The Bertz CT molecular complexity index is 6840. The number of aromatic nitrogens is 3. The van der Waals surface area contributed by atoms with Crippen molar-refractivity contribution >= 4 is 143 Å². The molecular formula is C110H124N20O14S. The number of piperidine rings is 6. The number of aromatic amines is 1. The molecule has 6 aromatic carbocycles. The third kappa shape index (κ3) is 19.4. The number of likely N-dealkylation sites (tertiary alicyclic amines) is 6. The van der Waals surface area contributed by atoms with Crippen molar-refractivity contribution in [3.05, 3.63) is 245 Å². The van der Waals surface area contributed by atoms with E-state index in [9.17, 15) is 67.1 Å². The lowest BCUT2D eigenvalue weighted by atomic mass is 9.78. The van der Waals surface area contributed by atoms with Gasteiger partial charge in [-0.25, -0.2) is 4.98 Å². The SMILES string of the molecule is C=C1CCC2(CCN(C(=O)c3ccc4c(c3)N(C(C)=O)CC4)C2)C(=O)N1.C=C1CCC2(CCN(C(=O)c3ccc4c(c3)NCC4)C2)C(=O)N1.C=C1CCC2(CCN(C(=O)c3ccc4nc(N)sc4c3)C2)C(=O)N1.C=C1CCC2(CCN(C(=O)c3cccc4[nH]ncc34)C2)C(=O)N1.C=C1CCC2(CCN(C(=O)c3cccc4c3CCN4)C2)C(=O)N1.C=C1CCC2(CCN(C(=O)c3cccc4c3CCN4C(C)=O)C2)C(=O)N1. The molecule has 12 fully saturated rings. The Hall–Kier alpha value is -14.9. The fourth-order valence-corrected chi connectivity index (χ4v) is 24.6. The van der Waals surface area contributed by atoms with E-state index >= 15 is 0 Å². The molecule has 16 aliphatic rings. The predicted molar refractivity (Wildman–Crippen MR) is 551 cm³/mol. The van der Waals surface area contributed by atoms with Crippen LogP contribution in [0.15, 0.2) is 189 Å². The minimum Gasteiger partial charge on any atom is -0.384 e. The fourth-order valence-electron chi connectivity index (χ4n) is 23.8. The number of fused-ring (bicyclic) bond motifs is 6. The lowest BCUT2D eigenvalue weighted by Crippen LogP contribution is -2.46. The number of allylic oxidation sites excluding steroid dienone is 6. The summed E-state index contributed by atoms with van der Waals surface area (Å²) in [6, 6.07) is 33.9. The quantitative estimate of drug-likeness (QED) is 0.0739. The van der Waals surface area contributed by atoms with Crippen LogP contribution in [-0.4, -0.2) is 232 Å². The summed E-state index contributed by atoms with van der Waals surface area (Å²) in [6.07, 6.45) is 18.6. The first-order valence-corrected chi connectivity index (χ1v) is 51.2. The number of benzene rings is 6. The van der Waals surface area contributed by atoms with Crippen molar-refractivity contribution < 1.29 is 67.1 Å². The zero-order valence-corrected chi connectivity index (χ0v) is 83.1. The first kappa shape index (κ1) is 98.9. The van der Waals surface area contributed by atoms with Gasteiger partial charge in [-0.2, -0.15) is 5.10 Å². The Kier molecular flexibility index (Phi) is 27.0. The van der Waals surface area contributed by atoms with Gasteiger partial charge in [0.05, 0.1) is 60.0 Å². The average Bonchev–Trinajstić information content (AvgIpc) is 1.62. The number of hydrogen-bond donors (Lipinski definition) is 10. The van der Waals surface area contributed by atoms with Gasteiger partial charge in [0.15, 0.2) is 5.13 Å². The zero-order valence-electron chi connectivity index (χ0n) is 82.3. The fraction of sp³-hybridized carbons (Fsp3) is 0.418. The Labute approximate surface area is 844 Å². The summed E-state index contributed by atoms with van der Waals surface area (Å²) in [5.41, 5.74) is 21.5. The van der Waals surface area contributed by atoms with Gasteiger partial charge in [-0.05, 0) is 242 Å². The van der Waals surface area contributed by atoms with Crippen molar-refractivity contribution in [2.24, 2.45) is 32.5 Å². The summed E-state index contributed by atoms with van der Waals surface area (Å²) < 4.78 is 0.902. The number of anilines is 5. The Morgan fingerprint density at radius 1 is 0.352 bits per heavy atom. The molecule has 34 nitrogen and oxygen atoms in total. The van der Waals surface area contributed by atoms with E-state index in [2.05, 4.69) is 97.2 Å². The highest BCUT2D eigenvalue weighted by Gasteiger charge is 2.55. The number of carbonyl (C=O) groups excluding carboxylic acids is 14. The Morgan fingerprint density at radius 2 is 0.717 bits per heavy atom. The first-order chi connectivity index (χ1) is 69.5. The maximum Gasteiger partial charge on any atom is 0.254 e. The van der Waals surface area contributed by atoms with Crippen LogP contribution in [-0.2, 0) is 64.0 Å². The number of nitrogens with zero attached hydrogens (tertiary/aromatic N) is 10. The Morgan fingerprint density at radius 3 is 1.17 bits per heavy atom. The van der Waals surface area contributed by atoms with Crippen LogP contribution in [0, 0.1) is 32.5 Å². The standard InChI is InChI=1S/2C20H23N3O3.2C18H21N3O2.C17H18N4O2S.C17H18N4O2/c1-13-5-7-20(19(26)21-13)8-10-22(12-20)18(25)16-4-3-15-6-9-23(14(2)24)17(15)11-16;1-13-6-8-20(19(26)21-13)9-11-22(12-20)18(25)16-4-3-5-17-15(16)7-10-23(17)14(2)24;1-12-4-6-18(17(23)20-12)7-9-21(11-18)16(22)14-3-2-13-5-8-19-15(13)10-14;1-12-5-7-18(17(23)20-12)8-10-21(11-18)16(22)14-3-2-4-15-13(14)6-9-19-15;1-10-4-5-17(15(23)19-10)6-7-21(9-17)14(22)11-2-3-12-13(8-11)24-16(18)20-12;1-11-5-6-17(16(23)19-11)7-8-21(10-17)15(22)12-3-2-4-14-13(12)9-18-20-14/h3-4,11H,1,5-10,12H2,2H3,(H,21,26);3-5H,1,6-12H2,2H3,(H,21,26);2-3,10,19H,1,4-9,11H2,(H,20,23);2-4,19H,1,5-11H2,(H,20,23);2-3,8H,1,4-7,9H2,(H2,18,20)(H,19,23);2-4,9H,1,5-8,10H2,(H,18,20)(H,19,23). The maximum absolute atomic E-state index is 13.2. The molecule has 12 saturated heterocycles. The van der Waals surface area contributed by atoms with Gasteiger partial charge in [-0.3, -0.25) is 72.2 Å². The van der Waals surface area contributed by atoms with Crippen LogP contribution in [0.3, 0.4) is 0 Å². The van der Waals surface area contributed by atoms with E-state index in [4.69, 9.17) is 5.73 Å². The molecule has 0 saturated carbocycles. The second-order valence-electron chi connectivity index (χ2n) is 41.8. The molecule has 11 N–H and O–H groups in total. The van der Waals surface area contributed by atoms with Crippen molar-refractivity contribution in [2.45, 2.75) is 155 Å². The molecule has 24 rings (SSSR count). The molecule has 6 spiro atoms. The normalized spacial score (nSPS) is 25.0. The van der Waals surface area contributed by atoms with E-state index in [0.29, 0.717) is 157 Å². The molecule has 145 heavy (non-hydrogen) atoms. The average molecular weight is 1980 g/mol. The molecule has 6 unspecified atom stereocenters. The third-order valence-electron chi connectivity index (χ3n) is 32.7. The van der Waals surface area contributed by atoms with Crippen LogP contribution in [0.2, 0.25) is 0 Å². The van der Waals surface area contributed by atoms with Crippen LogP contribution in [0.25, 0.3) is 21.1 Å². The third-order valence-corrected chi connectivity index (χ3v) is 33.5.